The first-order valence-corrected chi connectivity index (χ1v) is 8.61. The summed E-state index contributed by atoms with van der Waals surface area (Å²) in [5, 5.41) is 11.6. The summed E-state index contributed by atoms with van der Waals surface area (Å²) >= 11 is 0. The van der Waals surface area contributed by atoms with E-state index in [1.807, 2.05) is 18.3 Å². The molecule has 0 radical (unpaired) electrons. The van der Waals surface area contributed by atoms with E-state index in [9.17, 15) is 10.1 Å². The highest BCUT2D eigenvalue weighted by atomic mass is 28.3. The second kappa shape index (κ2) is 3.45. The Balaban J connectivity index is 2.76. The van der Waals surface area contributed by atoms with Crippen molar-refractivity contribution in [2.75, 3.05) is 0 Å². The Morgan fingerprint density at radius 1 is 1.25 bits per heavy atom. The zero-order valence-corrected chi connectivity index (χ0v) is 10.6. The third-order valence-corrected chi connectivity index (χ3v) is 4.46. The Hall–Kier alpha value is -1.62. The molecule has 2 aromatic rings. The Morgan fingerprint density at radius 2 is 1.94 bits per heavy atom. The van der Waals surface area contributed by atoms with Crippen LogP contribution in [0, 0.1) is 10.1 Å². The van der Waals surface area contributed by atoms with Crippen LogP contribution in [0.2, 0.25) is 19.6 Å². The van der Waals surface area contributed by atoms with Crippen LogP contribution >= 0.6 is 0 Å². The standard InChI is InChI=1S/C11H14N2O2Si/c1-16(2,3)12-8-7-9-10(12)5-4-6-11(9)13(14)15/h4-8H,1-3H3. The summed E-state index contributed by atoms with van der Waals surface area (Å²) in [5.74, 6) is 0. The maximum atomic E-state index is 10.9. The SMILES string of the molecule is C[Si](C)(C)n1ccc2c([N+](=O)[O-])cccc21. The number of rotatable bonds is 2. The van der Waals surface area contributed by atoms with Gasteiger partial charge >= 0.3 is 0 Å². The van der Waals surface area contributed by atoms with Gasteiger partial charge in [0.15, 0.2) is 8.24 Å². The highest BCUT2D eigenvalue weighted by Gasteiger charge is 2.21. The van der Waals surface area contributed by atoms with Crippen molar-refractivity contribution >= 4 is 24.8 Å². The van der Waals surface area contributed by atoms with Crippen LogP contribution in [0.15, 0.2) is 30.5 Å². The molecule has 0 N–H and O–H groups in total. The third-order valence-electron chi connectivity index (χ3n) is 2.63. The Morgan fingerprint density at radius 3 is 2.50 bits per heavy atom. The molecule has 0 aliphatic heterocycles. The molecular formula is C11H14N2O2Si. The van der Waals surface area contributed by atoms with Crippen LogP contribution in [-0.2, 0) is 0 Å². The predicted octanol–water partition coefficient (Wildman–Crippen LogP) is 3.23. The molecule has 0 atom stereocenters. The molecule has 2 rings (SSSR count). The number of nitro groups is 1. The van der Waals surface area contributed by atoms with Crippen LogP contribution in [0.5, 0.6) is 0 Å². The number of fused-ring (bicyclic) bond motifs is 1. The van der Waals surface area contributed by atoms with E-state index in [1.54, 1.807) is 12.1 Å². The summed E-state index contributed by atoms with van der Waals surface area (Å²) in [6, 6.07) is 7.08. The topological polar surface area (TPSA) is 48.1 Å². The van der Waals surface area contributed by atoms with Crippen molar-refractivity contribution in [2.24, 2.45) is 0 Å². The first-order chi connectivity index (χ1) is 7.41. The highest BCUT2D eigenvalue weighted by Crippen LogP contribution is 2.28. The van der Waals surface area contributed by atoms with E-state index in [0.29, 0.717) is 0 Å². The normalized spacial score (nSPS) is 11.9. The zero-order chi connectivity index (χ0) is 11.9. The molecule has 0 spiro atoms. The summed E-state index contributed by atoms with van der Waals surface area (Å²) in [5.41, 5.74) is 1.16. The first kappa shape index (κ1) is 10.9. The molecule has 0 bridgehead atoms. The quantitative estimate of drug-likeness (QED) is 0.455. The zero-order valence-electron chi connectivity index (χ0n) is 9.60. The number of aromatic nitrogens is 1. The van der Waals surface area contributed by atoms with Gasteiger partial charge in [-0.1, -0.05) is 25.7 Å². The van der Waals surface area contributed by atoms with Gasteiger partial charge in [0, 0.05) is 11.6 Å². The Kier molecular flexibility index (Phi) is 2.34. The van der Waals surface area contributed by atoms with Crippen LogP contribution in [0.4, 0.5) is 5.69 Å². The molecule has 1 aromatic carbocycles. The number of benzene rings is 1. The highest BCUT2D eigenvalue weighted by molar-refractivity contribution is 6.75. The largest absolute Gasteiger partial charge is 0.375 e. The molecule has 16 heavy (non-hydrogen) atoms. The van der Waals surface area contributed by atoms with Crippen LogP contribution in [0.25, 0.3) is 10.9 Å². The van der Waals surface area contributed by atoms with Crippen molar-refractivity contribution in [3.63, 3.8) is 0 Å². The van der Waals surface area contributed by atoms with E-state index in [-0.39, 0.29) is 10.6 Å². The predicted molar refractivity (Wildman–Crippen MR) is 67.3 cm³/mol. The Labute approximate surface area is 94.7 Å². The van der Waals surface area contributed by atoms with Gasteiger partial charge in [-0.25, -0.2) is 0 Å². The summed E-state index contributed by atoms with van der Waals surface area (Å²) in [4.78, 5) is 10.6. The molecule has 0 aliphatic carbocycles. The molecule has 0 aliphatic rings. The number of hydrogen-bond donors (Lipinski definition) is 0. The number of hydrogen-bond acceptors (Lipinski definition) is 2. The number of nitro benzene ring substituents is 1. The minimum absolute atomic E-state index is 0.189. The van der Waals surface area contributed by atoms with Crippen LogP contribution in [0.1, 0.15) is 0 Å². The van der Waals surface area contributed by atoms with Crippen LogP contribution in [0.3, 0.4) is 0 Å². The van der Waals surface area contributed by atoms with Gasteiger partial charge in [-0.2, -0.15) is 0 Å². The van der Waals surface area contributed by atoms with Gasteiger partial charge in [-0.05, 0) is 18.3 Å². The monoisotopic (exact) mass is 234 g/mol. The molecular weight excluding hydrogens is 220 g/mol. The summed E-state index contributed by atoms with van der Waals surface area (Å²) < 4.78 is 2.19. The van der Waals surface area contributed by atoms with Gasteiger partial charge in [0.1, 0.15) is 0 Å². The fraction of sp³-hybridized carbons (Fsp3) is 0.273. The van der Waals surface area contributed by atoms with E-state index in [1.165, 1.54) is 0 Å². The van der Waals surface area contributed by atoms with Gasteiger partial charge in [-0.15, -0.1) is 0 Å². The lowest BCUT2D eigenvalue weighted by Gasteiger charge is -2.19. The molecule has 0 saturated heterocycles. The molecule has 84 valence electrons. The van der Waals surface area contributed by atoms with Crippen molar-refractivity contribution in [3.8, 4) is 0 Å². The van der Waals surface area contributed by atoms with Crippen molar-refractivity contribution in [1.29, 1.82) is 0 Å². The van der Waals surface area contributed by atoms with E-state index in [0.717, 1.165) is 10.9 Å². The number of non-ortho nitro benzene ring substituents is 1. The molecule has 0 saturated carbocycles. The van der Waals surface area contributed by atoms with Gasteiger partial charge in [0.2, 0.25) is 0 Å². The maximum absolute atomic E-state index is 10.9. The van der Waals surface area contributed by atoms with Gasteiger partial charge in [0.05, 0.1) is 10.3 Å². The molecule has 1 aromatic heterocycles. The maximum Gasteiger partial charge on any atom is 0.278 e. The van der Waals surface area contributed by atoms with Crippen LogP contribution in [-0.4, -0.2) is 17.4 Å². The third kappa shape index (κ3) is 1.63. The van der Waals surface area contributed by atoms with Crippen molar-refractivity contribution in [1.82, 2.24) is 4.23 Å². The minimum atomic E-state index is -1.51. The first-order valence-electron chi connectivity index (χ1n) is 5.16. The molecule has 4 nitrogen and oxygen atoms in total. The smallest absolute Gasteiger partial charge is 0.278 e. The summed E-state index contributed by atoms with van der Waals surface area (Å²) in [6.07, 6.45) is 1.96. The lowest BCUT2D eigenvalue weighted by Crippen LogP contribution is -2.30. The summed E-state index contributed by atoms with van der Waals surface area (Å²) in [6.45, 7) is 6.64. The summed E-state index contributed by atoms with van der Waals surface area (Å²) in [7, 11) is -1.51. The van der Waals surface area contributed by atoms with E-state index < -0.39 is 8.24 Å². The van der Waals surface area contributed by atoms with Crippen molar-refractivity contribution < 1.29 is 4.92 Å². The lowest BCUT2D eigenvalue weighted by molar-refractivity contribution is -0.383. The molecule has 0 fully saturated rings. The van der Waals surface area contributed by atoms with E-state index >= 15 is 0 Å². The fourth-order valence-electron chi connectivity index (χ4n) is 1.90. The van der Waals surface area contributed by atoms with Gasteiger partial charge in [-0.3, -0.25) is 10.1 Å². The molecule has 5 heteroatoms. The van der Waals surface area contributed by atoms with Gasteiger partial charge in [0.25, 0.3) is 5.69 Å². The van der Waals surface area contributed by atoms with E-state index in [2.05, 4.69) is 23.9 Å². The minimum Gasteiger partial charge on any atom is -0.375 e. The average molecular weight is 234 g/mol. The second-order valence-corrected chi connectivity index (χ2v) is 9.65. The average Bonchev–Trinajstić information content (AvgIpc) is 2.59. The lowest BCUT2D eigenvalue weighted by atomic mass is 10.2. The van der Waals surface area contributed by atoms with Gasteiger partial charge < -0.3 is 4.23 Å². The molecule has 0 unspecified atom stereocenters. The number of nitrogens with zero attached hydrogens (tertiary/aromatic N) is 2. The second-order valence-electron chi connectivity index (χ2n) is 4.82. The molecule has 0 amide bonds. The van der Waals surface area contributed by atoms with Crippen LogP contribution < -0.4 is 0 Å². The van der Waals surface area contributed by atoms with Crippen molar-refractivity contribution in [3.05, 3.63) is 40.6 Å². The Bertz CT molecular complexity index is 555. The molecule has 1 heterocycles. The van der Waals surface area contributed by atoms with E-state index in [4.69, 9.17) is 0 Å². The van der Waals surface area contributed by atoms with Crippen molar-refractivity contribution in [2.45, 2.75) is 19.6 Å². The fourth-order valence-corrected chi connectivity index (χ4v) is 3.33.